The smallest absolute Gasteiger partial charge is 0.280 e. The number of nitrogens with zero attached hydrogens (tertiary/aromatic N) is 2. The highest BCUT2D eigenvalue weighted by atomic mass is 16.7. The van der Waals surface area contributed by atoms with Crippen LogP contribution in [0.4, 0.5) is 11.4 Å². The zero-order valence-corrected chi connectivity index (χ0v) is 17.3. The lowest BCUT2D eigenvalue weighted by Gasteiger charge is -2.23. The van der Waals surface area contributed by atoms with Crippen molar-refractivity contribution in [1.82, 2.24) is 0 Å². The van der Waals surface area contributed by atoms with Gasteiger partial charge in [-0.3, -0.25) is 19.7 Å². The van der Waals surface area contributed by atoms with Crippen LogP contribution in [0.3, 0.4) is 0 Å². The molecular weight excluding hydrogens is 428 g/mol. The van der Waals surface area contributed by atoms with Gasteiger partial charge in [-0.15, -0.1) is 0 Å². The van der Waals surface area contributed by atoms with Gasteiger partial charge in [0.2, 0.25) is 6.79 Å². The van der Waals surface area contributed by atoms with E-state index in [4.69, 9.17) is 9.47 Å². The van der Waals surface area contributed by atoms with Crippen molar-refractivity contribution >= 4 is 23.1 Å². The Morgan fingerprint density at radius 2 is 1.79 bits per heavy atom. The van der Waals surface area contributed by atoms with E-state index < -0.39 is 28.6 Å². The molecule has 1 atom stereocenters. The third-order valence-corrected chi connectivity index (χ3v) is 5.83. The summed E-state index contributed by atoms with van der Waals surface area (Å²) in [7, 11) is 0. The molecule has 0 aliphatic carbocycles. The predicted octanol–water partition coefficient (Wildman–Crippen LogP) is 3.33. The van der Waals surface area contributed by atoms with Crippen LogP contribution in [0.5, 0.6) is 11.5 Å². The quantitative estimate of drug-likeness (QED) is 0.350. The third kappa shape index (κ3) is 3.39. The minimum Gasteiger partial charge on any atom is -0.454 e. The number of hydrogen-bond acceptors (Lipinski definition) is 7. The van der Waals surface area contributed by atoms with E-state index in [9.17, 15) is 24.8 Å². The third-order valence-electron chi connectivity index (χ3n) is 5.83. The number of nitro groups is 1. The van der Waals surface area contributed by atoms with Gasteiger partial charge < -0.3 is 19.5 Å². The van der Waals surface area contributed by atoms with Gasteiger partial charge in [-0.05, 0) is 29.8 Å². The molecule has 3 aromatic rings. The molecule has 0 bridgehead atoms. The highest BCUT2D eigenvalue weighted by Crippen LogP contribution is 2.44. The van der Waals surface area contributed by atoms with Gasteiger partial charge in [0.25, 0.3) is 11.6 Å². The molecule has 0 saturated heterocycles. The lowest BCUT2D eigenvalue weighted by Crippen LogP contribution is -2.41. The maximum absolute atomic E-state index is 13.4. The standard InChI is InChI=1S/C24H18N2O7/c27-20(16-5-1-3-7-18(16)26(30)31)12-24(29)17-6-2-4-8-19(17)25(23(24)28)13-15-9-10-21-22(11-15)33-14-32-21/h1-11,29H,12-14H2/t24-/m0/s1. The zero-order chi connectivity index (χ0) is 23.2. The molecule has 33 heavy (non-hydrogen) atoms. The normalized spacial score (nSPS) is 18.3. The Morgan fingerprint density at radius 3 is 2.61 bits per heavy atom. The van der Waals surface area contributed by atoms with Gasteiger partial charge in [-0.2, -0.15) is 0 Å². The summed E-state index contributed by atoms with van der Waals surface area (Å²) in [6, 6.07) is 17.4. The van der Waals surface area contributed by atoms with Crippen LogP contribution in [-0.4, -0.2) is 28.5 Å². The van der Waals surface area contributed by atoms with Crippen molar-refractivity contribution in [2.75, 3.05) is 11.7 Å². The SMILES string of the molecule is O=C(C[C@@]1(O)C(=O)N(Cc2ccc3c(c2)OCO3)c2ccccc21)c1ccccc1[N+](=O)[O-]. The molecule has 2 heterocycles. The number of carbonyl (C=O) groups excluding carboxylic acids is 2. The van der Waals surface area contributed by atoms with Crippen LogP contribution in [0.2, 0.25) is 0 Å². The lowest BCUT2D eigenvalue weighted by atomic mass is 9.88. The molecule has 9 nitrogen and oxygen atoms in total. The number of fused-ring (bicyclic) bond motifs is 2. The van der Waals surface area contributed by atoms with E-state index in [0.29, 0.717) is 17.2 Å². The van der Waals surface area contributed by atoms with Gasteiger partial charge >= 0.3 is 0 Å². The number of carbonyl (C=O) groups is 2. The molecule has 1 N–H and O–H groups in total. The average Bonchev–Trinajstić information content (AvgIpc) is 3.36. The minimum absolute atomic E-state index is 0.123. The average molecular weight is 446 g/mol. The Hall–Kier alpha value is -4.24. The van der Waals surface area contributed by atoms with Crippen LogP contribution in [0, 0.1) is 10.1 Å². The summed E-state index contributed by atoms with van der Waals surface area (Å²) < 4.78 is 10.7. The van der Waals surface area contributed by atoms with Crippen molar-refractivity contribution in [2.45, 2.75) is 18.6 Å². The first-order valence-electron chi connectivity index (χ1n) is 10.2. The van der Waals surface area contributed by atoms with E-state index in [2.05, 4.69) is 0 Å². The van der Waals surface area contributed by atoms with E-state index in [1.807, 2.05) is 0 Å². The van der Waals surface area contributed by atoms with Gasteiger partial charge in [0, 0.05) is 11.6 Å². The second kappa shape index (κ2) is 7.72. The largest absolute Gasteiger partial charge is 0.454 e. The Balaban J connectivity index is 1.48. The van der Waals surface area contributed by atoms with Crippen LogP contribution in [0.25, 0.3) is 0 Å². The Kier molecular flexibility index (Phi) is 4.83. The van der Waals surface area contributed by atoms with E-state index in [1.165, 1.54) is 29.2 Å². The summed E-state index contributed by atoms with van der Waals surface area (Å²) in [5.41, 5.74) is -1.18. The van der Waals surface area contributed by atoms with Crippen LogP contribution in [-0.2, 0) is 16.9 Å². The number of Topliss-reactive ketones (excluding diaryl/α,β-unsaturated/α-hetero) is 1. The maximum atomic E-state index is 13.4. The summed E-state index contributed by atoms with van der Waals surface area (Å²) >= 11 is 0. The van der Waals surface area contributed by atoms with Gasteiger partial charge in [0.05, 0.1) is 29.1 Å². The molecule has 0 fully saturated rings. The summed E-state index contributed by atoms with van der Waals surface area (Å²) in [6.45, 7) is 0.256. The first-order valence-corrected chi connectivity index (χ1v) is 10.2. The summed E-state index contributed by atoms with van der Waals surface area (Å²) in [6.07, 6.45) is -0.620. The minimum atomic E-state index is -2.15. The van der Waals surface area contributed by atoms with Crippen LogP contribution < -0.4 is 14.4 Å². The number of benzene rings is 3. The molecule has 0 aromatic heterocycles. The molecule has 0 saturated carbocycles. The fourth-order valence-corrected chi connectivity index (χ4v) is 4.25. The maximum Gasteiger partial charge on any atom is 0.280 e. The number of rotatable bonds is 6. The van der Waals surface area contributed by atoms with Crippen molar-refractivity contribution < 1.29 is 29.1 Å². The molecule has 0 unspecified atom stereocenters. The topological polar surface area (TPSA) is 119 Å². The first kappa shape index (κ1) is 20.7. The Labute approximate surface area is 187 Å². The van der Waals surface area contributed by atoms with Crippen LogP contribution >= 0.6 is 0 Å². The van der Waals surface area contributed by atoms with Crippen LogP contribution in [0.1, 0.15) is 27.9 Å². The van der Waals surface area contributed by atoms with Crippen molar-refractivity contribution in [3.63, 3.8) is 0 Å². The van der Waals surface area contributed by atoms with Crippen molar-refractivity contribution in [3.8, 4) is 11.5 Å². The highest BCUT2D eigenvalue weighted by molar-refractivity contribution is 6.11. The molecule has 1 amide bonds. The molecule has 0 radical (unpaired) electrons. The van der Waals surface area contributed by atoms with E-state index in [-0.39, 0.29) is 30.2 Å². The Bertz CT molecular complexity index is 1310. The number of anilines is 1. The Morgan fingerprint density at radius 1 is 1.06 bits per heavy atom. The van der Waals surface area contributed by atoms with Gasteiger partial charge in [-0.1, -0.05) is 36.4 Å². The number of para-hydroxylation sites is 2. The molecule has 166 valence electrons. The second-order valence-electron chi connectivity index (χ2n) is 7.83. The monoisotopic (exact) mass is 446 g/mol. The van der Waals surface area contributed by atoms with Crippen LogP contribution in [0.15, 0.2) is 66.7 Å². The van der Waals surface area contributed by atoms with E-state index in [1.54, 1.807) is 42.5 Å². The number of ketones is 1. The van der Waals surface area contributed by atoms with E-state index in [0.717, 1.165) is 5.56 Å². The number of ether oxygens (including phenoxy) is 2. The lowest BCUT2D eigenvalue weighted by molar-refractivity contribution is -0.385. The summed E-state index contributed by atoms with van der Waals surface area (Å²) in [5.74, 6) is -0.195. The fourth-order valence-electron chi connectivity index (χ4n) is 4.25. The molecule has 2 aliphatic heterocycles. The second-order valence-corrected chi connectivity index (χ2v) is 7.83. The van der Waals surface area contributed by atoms with Crippen molar-refractivity contribution in [2.24, 2.45) is 0 Å². The van der Waals surface area contributed by atoms with Crippen molar-refractivity contribution in [1.29, 1.82) is 0 Å². The molecular formula is C24H18N2O7. The van der Waals surface area contributed by atoms with E-state index >= 15 is 0 Å². The molecule has 0 spiro atoms. The number of amides is 1. The summed E-state index contributed by atoms with van der Waals surface area (Å²) in [5, 5.41) is 22.8. The molecule has 3 aromatic carbocycles. The predicted molar refractivity (Wildman–Crippen MR) is 116 cm³/mol. The first-order chi connectivity index (χ1) is 15.9. The molecule has 2 aliphatic rings. The van der Waals surface area contributed by atoms with Crippen molar-refractivity contribution in [3.05, 3.63) is 93.5 Å². The molecule has 9 heteroatoms. The number of aliphatic hydroxyl groups is 1. The van der Waals surface area contributed by atoms with Gasteiger partial charge in [0.1, 0.15) is 0 Å². The van der Waals surface area contributed by atoms with Gasteiger partial charge in [0.15, 0.2) is 22.9 Å². The summed E-state index contributed by atoms with van der Waals surface area (Å²) in [4.78, 5) is 38.5. The zero-order valence-electron chi connectivity index (χ0n) is 17.3. The number of nitro benzene ring substituents is 1. The highest BCUT2D eigenvalue weighted by Gasteiger charge is 2.51. The molecule has 5 rings (SSSR count). The number of hydrogen-bond donors (Lipinski definition) is 1. The van der Waals surface area contributed by atoms with Gasteiger partial charge in [-0.25, -0.2) is 0 Å². The fraction of sp³-hybridized carbons (Fsp3) is 0.167.